The van der Waals surface area contributed by atoms with Gasteiger partial charge in [0.15, 0.2) is 0 Å². The zero-order valence-corrected chi connectivity index (χ0v) is 6.41. The molecule has 0 aromatic heterocycles. The van der Waals surface area contributed by atoms with Gasteiger partial charge in [0.1, 0.15) is 5.50 Å². The van der Waals surface area contributed by atoms with Crippen molar-refractivity contribution < 1.29 is 4.79 Å². The Hall–Kier alpha value is -0.220. The second-order valence-electron chi connectivity index (χ2n) is 2.70. The van der Waals surface area contributed by atoms with E-state index in [2.05, 4.69) is 10.6 Å². The Balaban J connectivity index is 1.77. The predicted octanol–water partition coefficient (Wildman–Crippen LogP) is -0.115. The molecule has 1 atom stereocenters. The predicted molar refractivity (Wildman–Crippen MR) is 40.5 cm³/mol. The highest BCUT2D eigenvalue weighted by Crippen LogP contribution is 2.22. The molecule has 1 saturated carbocycles. The van der Waals surface area contributed by atoms with Gasteiger partial charge in [0, 0.05) is 6.04 Å². The maximum absolute atomic E-state index is 10.7. The van der Waals surface area contributed by atoms with Crippen LogP contribution in [0.3, 0.4) is 0 Å². The minimum atomic E-state index is 0.156. The molecule has 4 heteroatoms. The maximum Gasteiger partial charge on any atom is 0.231 e. The van der Waals surface area contributed by atoms with Crippen molar-refractivity contribution >= 4 is 17.7 Å². The summed E-state index contributed by atoms with van der Waals surface area (Å²) in [4.78, 5) is 10.7. The monoisotopic (exact) mass is 158 g/mol. The highest BCUT2D eigenvalue weighted by Gasteiger charge is 2.28. The first-order chi connectivity index (χ1) is 4.84. The summed E-state index contributed by atoms with van der Waals surface area (Å²) in [5.74, 6) is 0.771. The molecule has 3 nitrogen and oxygen atoms in total. The van der Waals surface area contributed by atoms with Crippen molar-refractivity contribution in [2.75, 3.05) is 5.75 Å². The number of amides is 1. The SMILES string of the molecule is O=C1CSC(NC2CC2)N1. The second-order valence-corrected chi connectivity index (χ2v) is 3.79. The number of thioether (sulfide) groups is 1. The first-order valence-electron chi connectivity index (χ1n) is 3.51. The largest absolute Gasteiger partial charge is 0.331 e. The molecule has 0 aromatic carbocycles. The van der Waals surface area contributed by atoms with E-state index in [4.69, 9.17) is 0 Å². The van der Waals surface area contributed by atoms with Crippen LogP contribution >= 0.6 is 11.8 Å². The van der Waals surface area contributed by atoms with Gasteiger partial charge in [-0.25, -0.2) is 0 Å². The van der Waals surface area contributed by atoms with Gasteiger partial charge in [-0.15, -0.1) is 11.8 Å². The average molecular weight is 158 g/mol. The second kappa shape index (κ2) is 2.43. The Labute approximate surface area is 63.9 Å². The van der Waals surface area contributed by atoms with Crippen LogP contribution in [0.1, 0.15) is 12.8 Å². The van der Waals surface area contributed by atoms with Crippen LogP contribution in [0, 0.1) is 0 Å². The maximum atomic E-state index is 10.7. The van der Waals surface area contributed by atoms with Crippen LogP contribution in [0.4, 0.5) is 0 Å². The fourth-order valence-electron chi connectivity index (χ4n) is 0.942. The number of rotatable bonds is 2. The first kappa shape index (κ1) is 6.49. The zero-order valence-electron chi connectivity index (χ0n) is 5.59. The summed E-state index contributed by atoms with van der Waals surface area (Å²) in [6, 6.07) is 0.677. The normalized spacial score (nSPS) is 32.4. The third kappa shape index (κ3) is 1.44. The molecule has 0 spiro atoms. The van der Waals surface area contributed by atoms with Crippen LogP contribution < -0.4 is 10.6 Å². The molecule has 1 heterocycles. The van der Waals surface area contributed by atoms with Crippen molar-refractivity contribution in [3.8, 4) is 0 Å². The van der Waals surface area contributed by atoms with Crippen LogP contribution in [0.2, 0.25) is 0 Å². The van der Waals surface area contributed by atoms with Crippen molar-refractivity contribution in [1.82, 2.24) is 10.6 Å². The molecular weight excluding hydrogens is 148 g/mol. The molecule has 2 aliphatic rings. The lowest BCUT2D eigenvalue weighted by atomic mass is 10.6. The fraction of sp³-hybridized carbons (Fsp3) is 0.833. The molecule has 0 aromatic rings. The van der Waals surface area contributed by atoms with Gasteiger partial charge in [-0.2, -0.15) is 0 Å². The van der Waals surface area contributed by atoms with E-state index in [9.17, 15) is 4.79 Å². The van der Waals surface area contributed by atoms with Crippen molar-refractivity contribution in [2.24, 2.45) is 0 Å². The van der Waals surface area contributed by atoms with Gasteiger partial charge < -0.3 is 5.32 Å². The Morgan fingerprint density at radius 1 is 1.60 bits per heavy atom. The van der Waals surface area contributed by atoms with E-state index >= 15 is 0 Å². The Morgan fingerprint density at radius 3 is 2.90 bits per heavy atom. The number of carbonyl (C=O) groups excluding carboxylic acids is 1. The molecule has 1 saturated heterocycles. The number of carbonyl (C=O) groups is 1. The lowest BCUT2D eigenvalue weighted by molar-refractivity contribution is -0.118. The van der Waals surface area contributed by atoms with E-state index in [0.29, 0.717) is 11.8 Å². The van der Waals surface area contributed by atoms with E-state index in [1.54, 1.807) is 11.8 Å². The molecule has 0 radical (unpaired) electrons. The molecule has 2 N–H and O–H groups in total. The summed E-state index contributed by atoms with van der Waals surface area (Å²) in [6.07, 6.45) is 2.54. The standard InChI is InChI=1S/C6H10N2OS/c9-5-3-10-6(8-5)7-4-1-2-4/h4,6-7H,1-3H2,(H,8,9). The first-order valence-corrected chi connectivity index (χ1v) is 4.56. The van der Waals surface area contributed by atoms with E-state index in [-0.39, 0.29) is 11.4 Å². The Kier molecular flexibility index (Phi) is 1.58. The molecule has 1 unspecified atom stereocenters. The minimum absolute atomic E-state index is 0.156. The van der Waals surface area contributed by atoms with Gasteiger partial charge in [-0.1, -0.05) is 0 Å². The number of hydrogen-bond acceptors (Lipinski definition) is 3. The Morgan fingerprint density at radius 2 is 2.40 bits per heavy atom. The van der Waals surface area contributed by atoms with Crippen LogP contribution in [-0.2, 0) is 4.79 Å². The quantitative estimate of drug-likeness (QED) is 0.589. The number of hydrogen-bond donors (Lipinski definition) is 2. The summed E-state index contributed by atoms with van der Waals surface area (Å²) in [6.45, 7) is 0. The van der Waals surface area contributed by atoms with Crippen molar-refractivity contribution in [1.29, 1.82) is 0 Å². The Bertz CT molecular complexity index is 158. The topological polar surface area (TPSA) is 41.1 Å². The summed E-state index contributed by atoms with van der Waals surface area (Å²) >= 11 is 1.65. The number of nitrogens with one attached hydrogen (secondary N) is 2. The lowest BCUT2D eigenvalue weighted by Gasteiger charge is -2.09. The molecule has 2 rings (SSSR count). The van der Waals surface area contributed by atoms with Crippen LogP contribution in [0.15, 0.2) is 0 Å². The van der Waals surface area contributed by atoms with Gasteiger partial charge in [0.25, 0.3) is 0 Å². The molecule has 1 amide bonds. The summed E-state index contributed by atoms with van der Waals surface area (Å²) in [7, 11) is 0. The van der Waals surface area contributed by atoms with E-state index < -0.39 is 0 Å². The highest BCUT2D eigenvalue weighted by atomic mass is 32.2. The smallest absolute Gasteiger partial charge is 0.231 e. The van der Waals surface area contributed by atoms with Gasteiger partial charge in [-0.3, -0.25) is 10.1 Å². The van der Waals surface area contributed by atoms with Gasteiger partial charge in [0.2, 0.25) is 5.91 Å². The fourth-order valence-corrected chi connectivity index (χ4v) is 1.85. The molecule has 56 valence electrons. The lowest BCUT2D eigenvalue weighted by Crippen LogP contribution is -2.38. The summed E-state index contributed by atoms with van der Waals surface area (Å²) < 4.78 is 0. The van der Waals surface area contributed by atoms with Gasteiger partial charge >= 0.3 is 0 Å². The van der Waals surface area contributed by atoms with E-state index in [1.165, 1.54) is 12.8 Å². The highest BCUT2D eigenvalue weighted by molar-refractivity contribution is 8.00. The van der Waals surface area contributed by atoms with Crippen LogP contribution in [0.5, 0.6) is 0 Å². The zero-order chi connectivity index (χ0) is 6.97. The van der Waals surface area contributed by atoms with Crippen molar-refractivity contribution in [3.63, 3.8) is 0 Å². The van der Waals surface area contributed by atoms with Crippen LogP contribution in [-0.4, -0.2) is 23.2 Å². The molecule has 2 fully saturated rings. The minimum Gasteiger partial charge on any atom is -0.331 e. The van der Waals surface area contributed by atoms with E-state index in [0.717, 1.165) is 0 Å². The molecule has 1 aliphatic carbocycles. The van der Waals surface area contributed by atoms with Crippen molar-refractivity contribution in [2.45, 2.75) is 24.4 Å². The third-order valence-corrected chi connectivity index (χ3v) is 2.65. The van der Waals surface area contributed by atoms with Gasteiger partial charge in [0.05, 0.1) is 5.75 Å². The average Bonchev–Trinajstić information content (AvgIpc) is 2.59. The summed E-state index contributed by atoms with van der Waals surface area (Å²) in [5.41, 5.74) is 0.194. The van der Waals surface area contributed by atoms with E-state index in [1.807, 2.05) is 0 Å². The molecular formula is C6H10N2OS. The molecule has 0 bridgehead atoms. The van der Waals surface area contributed by atoms with Gasteiger partial charge in [-0.05, 0) is 12.8 Å². The summed E-state index contributed by atoms with van der Waals surface area (Å²) in [5, 5.41) is 6.15. The molecule has 1 aliphatic heterocycles. The van der Waals surface area contributed by atoms with Crippen LogP contribution in [0.25, 0.3) is 0 Å². The third-order valence-electron chi connectivity index (χ3n) is 1.64. The van der Waals surface area contributed by atoms with Crippen molar-refractivity contribution in [3.05, 3.63) is 0 Å². The molecule has 10 heavy (non-hydrogen) atoms.